The molecule has 0 aromatic carbocycles. The molecule has 5 heteroatoms. The van der Waals surface area contributed by atoms with Crippen LogP contribution in [0.3, 0.4) is 0 Å². The van der Waals surface area contributed by atoms with E-state index in [1.807, 2.05) is 0 Å². The van der Waals surface area contributed by atoms with Crippen LogP contribution >= 0.6 is 11.8 Å². The zero-order valence-corrected chi connectivity index (χ0v) is 8.93. The maximum absolute atomic E-state index is 11.5. The number of esters is 1. The maximum atomic E-state index is 11.5. The van der Waals surface area contributed by atoms with E-state index in [9.17, 15) is 9.59 Å². The first-order valence-corrected chi connectivity index (χ1v) is 5.77. The minimum Gasteiger partial charge on any atom is -0.480 e. The average molecular weight is 218 g/mol. The Hall–Kier alpha value is -0.710. The topological polar surface area (TPSA) is 63.6 Å². The number of hydrogen-bond donors (Lipinski definition) is 1. The molecule has 0 aromatic rings. The molecule has 0 aromatic heterocycles. The lowest BCUT2D eigenvalue weighted by Crippen LogP contribution is -2.43. The van der Waals surface area contributed by atoms with E-state index in [0.717, 1.165) is 0 Å². The molecule has 1 N–H and O–H groups in total. The summed E-state index contributed by atoms with van der Waals surface area (Å²) in [6, 6.07) is 0. The molecule has 4 nitrogen and oxygen atoms in total. The monoisotopic (exact) mass is 218 g/mol. The van der Waals surface area contributed by atoms with Crippen LogP contribution in [0.5, 0.6) is 0 Å². The van der Waals surface area contributed by atoms with Gasteiger partial charge in [-0.05, 0) is 31.3 Å². The number of carboxylic acid groups (broad SMARTS) is 1. The van der Waals surface area contributed by atoms with E-state index in [2.05, 4.69) is 0 Å². The Morgan fingerprint density at radius 1 is 1.43 bits per heavy atom. The highest BCUT2D eigenvalue weighted by Crippen LogP contribution is 2.36. The summed E-state index contributed by atoms with van der Waals surface area (Å²) in [5, 5.41) is 9.08. The standard InChI is InChI=1S/C9H14O4S/c1-2-13-8(12)9(7(10)11)3-5-14-6-4-9/h2-6H2,1H3,(H,10,11). The number of aliphatic carboxylic acids is 1. The van der Waals surface area contributed by atoms with Crippen LogP contribution in [-0.2, 0) is 14.3 Å². The summed E-state index contributed by atoms with van der Waals surface area (Å²) in [6.45, 7) is 1.92. The molecule has 1 rings (SSSR count). The van der Waals surface area contributed by atoms with E-state index in [1.165, 1.54) is 0 Å². The minimum absolute atomic E-state index is 0.237. The zero-order chi connectivity index (χ0) is 10.6. The number of ether oxygens (including phenoxy) is 1. The van der Waals surface area contributed by atoms with Crippen LogP contribution in [-0.4, -0.2) is 35.2 Å². The lowest BCUT2D eigenvalue weighted by atomic mass is 9.82. The number of rotatable bonds is 3. The van der Waals surface area contributed by atoms with Crippen molar-refractivity contribution in [3.05, 3.63) is 0 Å². The second kappa shape index (κ2) is 4.68. The average Bonchev–Trinajstić information content (AvgIpc) is 2.19. The Morgan fingerprint density at radius 3 is 2.43 bits per heavy atom. The largest absolute Gasteiger partial charge is 0.480 e. The normalized spacial score (nSPS) is 20.1. The molecular formula is C9H14O4S. The SMILES string of the molecule is CCOC(=O)C1(C(=O)O)CCSCC1. The first-order chi connectivity index (χ1) is 6.63. The Balaban J connectivity index is 2.80. The van der Waals surface area contributed by atoms with Crippen molar-refractivity contribution in [2.45, 2.75) is 19.8 Å². The van der Waals surface area contributed by atoms with Crippen molar-refractivity contribution in [1.29, 1.82) is 0 Å². The Labute approximate surface area is 87.0 Å². The molecule has 1 heterocycles. The Kier molecular flexibility index (Phi) is 3.80. The van der Waals surface area contributed by atoms with Crippen LogP contribution in [0, 0.1) is 5.41 Å². The second-order valence-electron chi connectivity index (χ2n) is 3.22. The summed E-state index contributed by atoms with van der Waals surface area (Å²) in [7, 11) is 0. The smallest absolute Gasteiger partial charge is 0.323 e. The van der Waals surface area contributed by atoms with Crippen LogP contribution in [0.15, 0.2) is 0 Å². The highest BCUT2D eigenvalue weighted by Gasteiger charge is 2.48. The molecule has 0 atom stereocenters. The first-order valence-electron chi connectivity index (χ1n) is 4.62. The molecule has 0 saturated carbocycles. The van der Waals surface area contributed by atoms with Crippen LogP contribution in [0.1, 0.15) is 19.8 Å². The quantitative estimate of drug-likeness (QED) is 0.568. The maximum Gasteiger partial charge on any atom is 0.323 e. The summed E-state index contributed by atoms with van der Waals surface area (Å²) in [6.07, 6.45) is 0.762. The van der Waals surface area contributed by atoms with Gasteiger partial charge < -0.3 is 9.84 Å². The summed E-state index contributed by atoms with van der Waals surface area (Å²) >= 11 is 1.68. The van der Waals surface area contributed by atoms with Gasteiger partial charge in [0.25, 0.3) is 0 Å². The molecule has 14 heavy (non-hydrogen) atoms. The van der Waals surface area contributed by atoms with Gasteiger partial charge in [0.2, 0.25) is 0 Å². The van der Waals surface area contributed by atoms with Crippen molar-refractivity contribution < 1.29 is 19.4 Å². The van der Waals surface area contributed by atoms with Gasteiger partial charge in [-0.25, -0.2) is 0 Å². The third-order valence-electron chi connectivity index (χ3n) is 2.42. The van der Waals surface area contributed by atoms with E-state index in [0.29, 0.717) is 24.3 Å². The molecular weight excluding hydrogens is 204 g/mol. The predicted molar refractivity (Wildman–Crippen MR) is 53.3 cm³/mol. The minimum atomic E-state index is -1.28. The van der Waals surface area contributed by atoms with Crippen molar-refractivity contribution in [2.75, 3.05) is 18.1 Å². The van der Waals surface area contributed by atoms with Gasteiger partial charge in [-0.2, -0.15) is 11.8 Å². The van der Waals surface area contributed by atoms with Gasteiger partial charge in [0.15, 0.2) is 5.41 Å². The third kappa shape index (κ3) is 2.03. The fraction of sp³-hybridized carbons (Fsp3) is 0.778. The van der Waals surface area contributed by atoms with Crippen molar-refractivity contribution >= 4 is 23.7 Å². The number of hydrogen-bond acceptors (Lipinski definition) is 4. The van der Waals surface area contributed by atoms with Gasteiger partial charge in [0.1, 0.15) is 0 Å². The molecule has 80 valence electrons. The fourth-order valence-electron chi connectivity index (χ4n) is 1.49. The number of carbonyl (C=O) groups excluding carboxylic acids is 1. The summed E-state index contributed by atoms with van der Waals surface area (Å²) in [4.78, 5) is 22.6. The lowest BCUT2D eigenvalue weighted by molar-refractivity contribution is -0.169. The molecule has 0 aliphatic carbocycles. The molecule has 1 aliphatic rings. The van der Waals surface area contributed by atoms with Gasteiger partial charge in [-0.3, -0.25) is 9.59 Å². The first kappa shape index (κ1) is 11.4. The zero-order valence-electron chi connectivity index (χ0n) is 8.12. The molecule has 0 bridgehead atoms. The van der Waals surface area contributed by atoms with Gasteiger partial charge in [-0.15, -0.1) is 0 Å². The molecule has 0 spiro atoms. The highest BCUT2D eigenvalue weighted by molar-refractivity contribution is 7.99. The van der Waals surface area contributed by atoms with Crippen LogP contribution in [0.4, 0.5) is 0 Å². The summed E-state index contributed by atoms with van der Waals surface area (Å²) in [5.41, 5.74) is -1.28. The van der Waals surface area contributed by atoms with Crippen molar-refractivity contribution in [2.24, 2.45) is 5.41 Å². The number of carboxylic acids is 1. The molecule has 1 fully saturated rings. The second-order valence-corrected chi connectivity index (χ2v) is 4.44. The number of carbonyl (C=O) groups is 2. The van der Waals surface area contributed by atoms with E-state index in [-0.39, 0.29) is 6.61 Å². The molecule has 1 saturated heterocycles. The molecule has 0 unspecified atom stereocenters. The van der Waals surface area contributed by atoms with E-state index >= 15 is 0 Å². The third-order valence-corrected chi connectivity index (χ3v) is 3.41. The fourth-order valence-corrected chi connectivity index (χ4v) is 2.68. The Bertz CT molecular complexity index is 233. The Morgan fingerprint density at radius 2 is 2.00 bits per heavy atom. The predicted octanol–water partition coefficient (Wildman–Crippen LogP) is 1.15. The van der Waals surface area contributed by atoms with Crippen molar-refractivity contribution in [1.82, 2.24) is 0 Å². The van der Waals surface area contributed by atoms with Crippen LogP contribution in [0.2, 0.25) is 0 Å². The lowest BCUT2D eigenvalue weighted by Gasteiger charge is -2.30. The van der Waals surface area contributed by atoms with Crippen LogP contribution < -0.4 is 0 Å². The molecule has 0 amide bonds. The summed E-state index contributed by atoms with van der Waals surface area (Å²) in [5.74, 6) is -0.194. The highest BCUT2D eigenvalue weighted by atomic mass is 32.2. The van der Waals surface area contributed by atoms with Gasteiger partial charge in [-0.1, -0.05) is 0 Å². The van der Waals surface area contributed by atoms with E-state index in [4.69, 9.17) is 9.84 Å². The van der Waals surface area contributed by atoms with Gasteiger partial charge in [0.05, 0.1) is 6.61 Å². The van der Waals surface area contributed by atoms with Crippen molar-refractivity contribution in [3.63, 3.8) is 0 Å². The van der Waals surface area contributed by atoms with E-state index < -0.39 is 17.4 Å². The van der Waals surface area contributed by atoms with Crippen LogP contribution in [0.25, 0.3) is 0 Å². The number of thioether (sulfide) groups is 1. The van der Waals surface area contributed by atoms with Gasteiger partial charge in [0, 0.05) is 0 Å². The van der Waals surface area contributed by atoms with Crippen molar-refractivity contribution in [3.8, 4) is 0 Å². The molecule has 1 aliphatic heterocycles. The van der Waals surface area contributed by atoms with Gasteiger partial charge >= 0.3 is 11.9 Å². The summed E-state index contributed by atoms with van der Waals surface area (Å²) < 4.78 is 4.82. The van der Waals surface area contributed by atoms with E-state index in [1.54, 1.807) is 18.7 Å². The molecule has 0 radical (unpaired) electrons.